The zero-order valence-corrected chi connectivity index (χ0v) is 15.7. The van der Waals surface area contributed by atoms with Gasteiger partial charge in [-0.15, -0.1) is 0 Å². The monoisotopic (exact) mass is 408 g/mol. The second-order valence-corrected chi connectivity index (χ2v) is 9.83. The zero-order valence-electron chi connectivity index (χ0n) is 14.9. The van der Waals surface area contributed by atoms with Crippen molar-refractivity contribution in [1.82, 2.24) is 0 Å². The van der Waals surface area contributed by atoms with Crippen molar-refractivity contribution in [3.8, 4) is 0 Å². The number of carbonyl (C=O) groups is 2. The van der Waals surface area contributed by atoms with Crippen LogP contribution in [0.3, 0.4) is 0 Å². The van der Waals surface area contributed by atoms with E-state index in [2.05, 4.69) is 11.3 Å². The SMILES string of the molecule is C=C(C)C(=O)OC12CC3CC(C1)CC(C(=O)OCC(F)(F)S(=O)(=O)O)(C3)C2. The van der Waals surface area contributed by atoms with Gasteiger partial charge in [-0.25, -0.2) is 4.79 Å². The molecule has 10 heteroatoms. The summed E-state index contributed by atoms with van der Waals surface area (Å²) < 4.78 is 67.0. The van der Waals surface area contributed by atoms with Gasteiger partial charge in [-0.2, -0.15) is 17.2 Å². The Morgan fingerprint density at radius 3 is 2.26 bits per heavy atom. The number of alkyl halides is 2. The lowest BCUT2D eigenvalue weighted by molar-refractivity contribution is -0.212. The third-order valence-corrected chi connectivity index (χ3v) is 6.72. The molecule has 0 aromatic heterocycles. The lowest BCUT2D eigenvalue weighted by Crippen LogP contribution is -2.60. The summed E-state index contributed by atoms with van der Waals surface area (Å²) in [6.45, 7) is 3.32. The first-order chi connectivity index (χ1) is 12.3. The zero-order chi connectivity index (χ0) is 20.3. The molecular weight excluding hydrogens is 386 g/mol. The highest BCUT2D eigenvalue weighted by atomic mass is 32.2. The maximum absolute atomic E-state index is 13.4. The molecule has 27 heavy (non-hydrogen) atoms. The van der Waals surface area contributed by atoms with E-state index in [1.54, 1.807) is 0 Å². The highest BCUT2D eigenvalue weighted by molar-refractivity contribution is 7.86. The van der Waals surface area contributed by atoms with Gasteiger partial charge in [-0.3, -0.25) is 9.35 Å². The summed E-state index contributed by atoms with van der Waals surface area (Å²) in [5.74, 6) is -1.30. The van der Waals surface area contributed by atoms with Crippen LogP contribution in [0, 0.1) is 17.3 Å². The molecule has 0 radical (unpaired) electrons. The summed E-state index contributed by atoms with van der Waals surface area (Å²) in [6, 6.07) is 0. The normalized spacial score (nSPS) is 35.0. The topological polar surface area (TPSA) is 107 Å². The molecular formula is C17H22F2O7S. The predicted molar refractivity (Wildman–Crippen MR) is 88.2 cm³/mol. The minimum absolute atomic E-state index is 0.0961. The molecule has 4 saturated carbocycles. The van der Waals surface area contributed by atoms with Gasteiger partial charge >= 0.3 is 27.3 Å². The molecule has 0 spiro atoms. The van der Waals surface area contributed by atoms with Gasteiger partial charge in [-0.1, -0.05) is 6.58 Å². The van der Waals surface area contributed by atoms with Crippen LogP contribution in [0.2, 0.25) is 0 Å². The van der Waals surface area contributed by atoms with Crippen molar-refractivity contribution in [3.05, 3.63) is 12.2 Å². The first kappa shape index (κ1) is 20.2. The standard InChI is InChI=1S/C17H22F2O7S/c1-10(2)13(20)26-16-6-11-3-12(7-16)5-15(4-11,8-16)14(21)25-9-17(18,19)27(22,23)24/h11-12H,1,3-9H2,2H3,(H,22,23,24). The third kappa shape index (κ3) is 3.61. The lowest BCUT2D eigenvalue weighted by atomic mass is 9.48. The van der Waals surface area contributed by atoms with Crippen LogP contribution in [0.1, 0.15) is 45.4 Å². The predicted octanol–water partition coefficient (Wildman–Crippen LogP) is 2.47. The van der Waals surface area contributed by atoms with E-state index in [0.29, 0.717) is 25.7 Å². The van der Waals surface area contributed by atoms with Crippen LogP contribution in [0.25, 0.3) is 0 Å². The molecule has 0 aromatic carbocycles. The van der Waals surface area contributed by atoms with E-state index in [9.17, 15) is 26.8 Å². The van der Waals surface area contributed by atoms with Crippen LogP contribution in [-0.2, 0) is 29.2 Å². The number of halogens is 2. The van der Waals surface area contributed by atoms with Crippen LogP contribution in [-0.4, -0.2) is 42.4 Å². The van der Waals surface area contributed by atoms with E-state index in [0.717, 1.165) is 6.42 Å². The number of hydrogen-bond acceptors (Lipinski definition) is 6. The smallest absolute Gasteiger partial charge is 0.402 e. The number of hydrogen-bond donors (Lipinski definition) is 1. The van der Waals surface area contributed by atoms with Gasteiger partial charge < -0.3 is 9.47 Å². The van der Waals surface area contributed by atoms with E-state index in [1.165, 1.54) is 6.92 Å². The average molecular weight is 408 g/mol. The maximum Gasteiger partial charge on any atom is 0.402 e. The molecule has 4 fully saturated rings. The van der Waals surface area contributed by atoms with Crippen LogP contribution < -0.4 is 0 Å². The van der Waals surface area contributed by atoms with Crippen molar-refractivity contribution < 1.29 is 40.8 Å². The number of rotatable bonds is 6. The molecule has 0 heterocycles. The molecule has 2 atom stereocenters. The molecule has 2 unspecified atom stereocenters. The lowest BCUT2D eigenvalue weighted by Gasteiger charge is -2.59. The summed E-state index contributed by atoms with van der Waals surface area (Å²) in [5, 5.41) is -4.57. The van der Waals surface area contributed by atoms with Crippen molar-refractivity contribution in [2.45, 2.75) is 56.3 Å². The fraction of sp³-hybridized carbons (Fsp3) is 0.765. The second kappa shape index (κ2) is 6.23. The van der Waals surface area contributed by atoms with Crippen LogP contribution >= 0.6 is 0 Å². The first-order valence-corrected chi connectivity index (χ1v) is 10.1. The fourth-order valence-electron chi connectivity index (χ4n) is 5.20. The number of carbonyl (C=O) groups excluding carboxylic acids is 2. The van der Waals surface area contributed by atoms with Gasteiger partial charge in [0.1, 0.15) is 5.60 Å². The third-order valence-electron chi connectivity index (χ3n) is 5.85. The summed E-state index contributed by atoms with van der Waals surface area (Å²) in [6.07, 6.45) is 3.06. The van der Waals surface area contributed by atoms with Gasteiger partial charge in [0, 0.05) is 12.0 Å². The Morgan fingerprint density at radius 1 is 1.22 bits per heavy atom. The first-order valence-electron chi connectivity index (χ1n) is 8.69. The van der Waals surface area contributed by atoms with Crippen molar-refractivity contribution in [2.24, 2.45) is 17.3 Å². The van der Waals surface area contributed by atoms with Crippen molar-refractivity contribution in [1.29, 1.82) is 0 Å². The molecule has 152 valence electrons. The quantitative estimate of drug-likeness (QED) is 0.409. The van der Waals surface area contributed by atoms with Gasteiger partial charge in [0.25, 0.3) is 0 Å². The van der Waals surface area contributed by atoms with Crippen molar-refractivity contribution in [2.75, 3.05) is 6.61 Å². The fourth-order valence-corrected chi connectivity index (χ4v) is 5.41. The summed E-state index contributed by atoms with van der Waals surface area (Å²) in [7, 11) is -5.68. The minimum Gasteiger partial charge on any atom is -0.458 e. The van der Waals surface area contributed by atoms with Crippen molar-refractivity contribution >= 4 is 22.1 Å². The summed E-state index contributed by atoms with van der Waals surface area (Å²) in [4.78, 5) is 24.7. The Labute approximate surface area is 155 Å². The molecule has 0 aliphatic heterocycles. The van der Waals surface area contributed by atoms with Crippen LogP contribution in [0.15, 0.2) is 12.2 Å². The number of ether oxygens (including phenoxy) is 2. The van der Waals surface area contributed by atoms with E-state index in [1.807, 2.05) is 0 Å². The summed E-state index contributed by atoms with van der Waals surface area (Å²) >= 11 is 0. The molecule has 0 saturated heterocycles. The van der Waals surface area contributed by atoms with E-state index in [4.69, 9.17) is 9.29 Å². The highest BCUT2D eigenvalue weighted by Gasteiger charge is 2.63. The Kier molecular flexibility index (Phi) is 4.66. The summed E-state index contributed by atoms with van der Waals surface area (Å²) in [5.41, 5.74) is -1.71. The van der Waals surface area contributed by atoms with Gasteiger partial charge in [0.2, 0.25) is 0 Å². The average Bonchev–Trinajstić information content (AvgIpc) is 2.49. The van der Waals surface area contributed by atoms with Crippen LogP contribution in [0.4, 0.5) is 8.78 Å². The van der Waals surface area contributed by atoms with Crippen LogP contribution in [0.5, 0.6) is 0 Å². The van der Waals surface area contributed by atoms with E-state index >= 15 is 0 Å². The molecule has 1 N–H and O–H groups in total. The minimum atomic E-state index is -5.68. The van der Waals surface area contributed by atoms with E-state index < -0.39 is 44.9 Å². The molecule has 4 bridgehead atoms. The molecule has 4 aliphatic carbocycles. The second-order valence-electron chi connectivity index (χ2n) is 8.28. The Morgan fingerprint density at radius 2 is 1.78 bits per heavy atom. The molecule has 4 rings (SSSR count). The van der Waals surface area contributed by atoms with E-state index in [-0.39, 0.29) is 23.8 Å². The van der Waals surface area contributed by atoms with Gasteiger partial charge in [0.05, 0.1) is 5.41 Å². The van der Waals surface area contributed by atoms with Gasteiger partial charge in [0.15, 0.2) is 6.61 Å². The Bertz CT molecular complexity index is 775. The molecule has 4 aliphatic rings. The van der Waals surface area contributed by atoms with Gasteiger partial charge in [-0.05, 0) is 50.9 Å². The molecule has 7 nitrogen and oxygen atoms in total. The molecule has 0 amide bonds. The number of esters is 2. The molecule has 0 aromatic rings. The Hall–Kier alpha value is -1.55. The van der Waals surface area contributed by atoms with Crippen molar-refractivity contribution in [3.63, 3.8) is 0 Å². The largest absolute Gasteiger partial charge is 0.458 e. The highest BCUT2D eigenvalue weighted by Crippen LogP contribution is 2.63. The maximum atomic E-state index is 13.4. The Balaban J connectivity index is 1.78.